The average molecular weight is 291 g/mol. The highest BCUT2D eigenvalue weighted by Gasteiger charge is 2.35. The van der Waals surface area contributed by atoms with Crippen molar-refractivity contribution in [3.63, 3.8) is 0 Å². The number of hydrogen-bond donors (Lipinski definition) is 1. The SMILES string of the molecule is CC1CC1CN(C(=O)NCc1nnc2n1CCC2)C(C)C. The lowest BCUT2D eigenvalue weighted by Crippen LogP contribution is -2.45. The summed E-state index contributed by atoms with van der Waals surface area (Å²) in [7, 11) is 0. The van der Waals surface area contributed by atoms with Gasteiger partial charge in [0.25, 0.3) is 0 Å². The summed E-state index contributed by atoms with van der Waals surface area (Å²) in [5.74, 6) is 3.36. The quantitative estimate of drug-likeness (QED) is 0.899. The van der Waals surface area contributed by atoms with Crippen molar-refractivity contribution in [2.75, 3.05) is 6.54 Å². The van der Waals surface area contributed by atoms with E-state index >= 15 is 0 Å². The lowest BCUT2D eigenvalue weighted by molar-refractivity contribution is 0.178. The minimum Gasteiger partial charge on any atom is -0.331 e. The molecule has 21 heavy (non-hydrogen) atoms. The number of aryl methyl sites for hydroxylation is 1. The molecule has 3 rings (SSSR count). The van der Waals surface area contributed by atoms with E-state index in [4.69, 9.17) is 0 Å². The fourth-order valence-electron chi connectivity index (χ4n) is 3.03. The molecule has 6 heteroatoms. The molecule has 2 amide bonds. The van der Waals surface area contributed by atoms with Crippen LogP contribution < -0.4 is 5.32 Å². The maximum atomic E-state index is 12.4. The summed E-state index contributed by atoms with van der Waals surface area (Å²) in [5.41, 5.74) is 0. The second-order valence-electron chi connectivity index (χ2n) is 6.67. The Morgan fingerprint density at radius 3 is 2.90 bits per heavy atom. The first-order valence-corrected chi connectivity index (χ1v) is 8.01. The highest BCUT2D eigenvalue weighted by molar-refractivity contribution is 5.74. The standard InChI is InChI=1S/C15H25N5O/c1-10(2)20(9-12-7-11(12)3)15(21)16-8-14-18-17-13-5-4-6-19(13)14/h10-12H,4-9H2,1-3H3,(H,16,21). The van der Waals surface area contributed by atoms with Crippen LogP contribution in [0.15, 0.2) is 0 Å². The predicted octanol–water partition coefficient (Wildman–Crippen LogP) is 1.80. The van der Waals surface area contributed by atoms with Crippen molar-refractivity contribution < 1.29 is 4.79 Å². The highest BCUT2D eigenvalue weighted by atomic mass is 16.2. The van der Waals surface area contributed by atoms with Crippen molar-refractivity contribution in [1.29, 1.82) is 0 Å². The van der Waals surface area contributed by atoms with E-state index in [1.807, 2.05) is 4.90 Å². The molecule has 2 heterocycles. The van der Waals surface area contributed by atoms with Crippen molar-refractivity contribution >= 4 is 6.03 Å². The summed E-state index contributed by atoms with van der Waals surface area (Å²) < 4.78 is 2.13. The van der Waals surface area contributed by atoms with E-state index in [1.54, 1.807) is 0 Å². The van der Waals surface area contributed by atoms with E-state index in [2.05, 4.69) is 40.9 Å². The lowest BCUT2D eigenvalue weighted by atomic mass is 10.2. The predicted molar refractivity (Wildman–Crippen MR) is 79.7 cm³/mol. The van der Waals surface area contributed by atoms with Crippen LogP contribution in [0.4, 0.5) is 4.79 Å². The van der Waals surface area contributed by atoms with Gasteiger partial charge in [-0.25, -0.2) is 4.79 Å². The van der Waals surface area contributed by atoms with Crippen LogP contribution in [-0.2, 0) is 19.5 Å². The van der Waals surface area contributed by atoms with Gasteiger partial charge in [-0.2, -0.15) is 0 Å². The third kappa shape index (κ3) is 3.04. The van der Waals surface area contributed by atoms with Gasteiger partial charge in [0, 0.05) is 25.6 Å². The van der Waals surface area contributed by atoms with E-state index in [9.17, 15) is 4.79 Å². The monoisotopic (exact) mass is 291 g/mol. The molecule has 0 spiro atoms. The van der Waals surface area contributed by atoms with Crippen LogP contribution in [0.3, 0.4) is 0 Å². The van der Waals surface area contributed by atoms with Gasteiger partial charge >= 0.3 is 6.03 Å². The first-order valence-electron chi connectivity index (χ1n) is 8.01. The largest absolute Gasteiger partial charge is 0.331 e. The molecule has 0 aromatic carbocycles. The number of fused-ring (bicyclic) bond motifs is 1. The zero-order valence-corrected chi connectivity index (χ0v) is 13.2. The molecule has 0 saturated heterocycles. The number of amides is 2. The summed E-state index contributed by atoms with van der Waals surface area (Å²) >= 11 is 0. The van der Waals surface area contributed by atoms with Gasteiger partial charge < -0.3 is 14.8 Å². The molecule has 2 atom stereocenters. The average Bonchev–Trinajstić information content (AvgIpc) is 2.85. The molecule has 0 radical (unpaired) electrons. The van der Waals surface area contributed by atoms with E-state index in [0.717, 1.165) is 43.5 Å². The zero-order chi connectivity index (χ0) is 15.0. The Kier molecular flexibility index (Phi) is 3.87. The second kappa shape index (κ2) is 5.66. The maximum absolute atomic E-state index is 12.4. The zero-order valence-electron chi connectivity index (χ0n) is 13.2. The third-order valence-corrected chi connectivity index (χ3v) is 4.68. The molecule has 1 saturated carbocycles. The number of carbonyl (C=O) groups is 1. The van der Waals surface area contributed by atoms with Gasteiger partial charge in [-0.1, -0.05) is 6.92 Å². The van der Waals surface area contributed by atoms with Crippen LogP contribution in [0, 0.1) is 11.8 Å². The summed E-state index contributed by atoms with van der Waals surface area (Å²) in [5, 5.41) is 11.4. The summed E-state index contributed by atoms with van der Waals surface area (Å²) in [6, 6.07) is 0.237. The molecule has 1 aliphatic carbocycles. The molecule has 1 N–H and O–H groups in total. The van der Waals surface area contributed by atoms with E-state index < -0.39 is 0 Å². The smallest absolute Gasteiger partial charge is 0.318 e. The van der Waals surface area contributed by atoms with Crippen LogP contribution in [0.2, 0.25) is 0 Å². The molecular weight excluding hydrogens is 266 g/mol. The first kappa shape index (κ1) is 14.4. The number of urea groups is 1. The molecule has 1 fully saturated rings. The Morgan fingerprint density at radius 1 is 1.48 bits per heavy atom. The molecule has 1 aliphatic heterocycles. The Morgan fingerprint density at radius 2 is 2.24 bits per heavy atom. The van der Waals surface area contributed by atoms with Crippen LogP contribution >= 0.6 is 0 Å². The molecular formula is C15H25N5O. The first-order chi connectivity index (χ1) is 10.1. The van der Waals surface area contributed by atoms with Gasteiger partial charge in [0.05, 0.1) is 6.54 Å². The fourth-order valence-corrected chi connectivity index (χ4v) is 3.03. The van der Waals surface area contributed by atoms with Gasteiger partial charge in [0.15, 0.2) is 5.82 Å². The fraction of sp³-hybridized carbons (Fsp3) is 0.800. The number of hydrogen-bond acceptors (Lipinski definition) is 3. The van der Waals surface area contributed by atoms with Crippen LogP contribution in [0.1, 0.15) is 45.3 Å². The van der Waals surface area contributed by atoms with Gasteiger partial charge in [0.1, 0.15) is 5.82 Å². The van der Waals surface area contributed by atoms with Gasteiger partial charge in [-0.15, -0.1) is 10.2 Å². The molecule has 6 nitrogen and oxygen atoms in total. The Bertz CT molecular complexity index is 524. The minimum atomic E-state index is 0.0134. The third-order valence-electron chi connectivity index (χ3n) is 4.68. The van der Waals surface area contributed by atoms with Crippen LogP contribution in [0.25, 0.3) is 0 Å². The molecule has 2 aliphatic rings. The van der Waals surface area contributed by atoms with Gasteiger partial charge in [0.2, 0.25) is 0 Å². The van der Waals surface area contributed by atoms with Crippen molar-refractivity contribution in [3.05, 3.63) is 11.6 Å². The minimum absolute atomic E-state index is 0.0134. The van der Waals surface area contributed by atoms with E-state index in [0.29, 0.717) is 12.5 Å². The lowest BCUT2D eigenvalue weighted by Gasteiger charge is -2.27. The molecule has 2 unspecified atom stereocenters. The summed E-state index contributed by atoms with van der Waals surface area (Å²) in [4.78, 5) is 14.3. The normalized spacial score (nSPS) is 23.2. The van der Waals surface area contributed by atoms with Crippen LogP contribution in [-0.4, -0.2) is 38.3 Å². The number of nitrogens with one attached hydrogen (secondary N) is 1. The Balaban J connectivity index is 1.56. The van der Waals surface area contributed by atoms with Crippen molar-refractivity contribution in [3.8, 4) is 0 Å². The van der Waals surface area contributed by atoms with E-state index in [-0.39, 0.29) is 12.1 Å². The number of carbonyl (C=O) groups excluding carboxylic acids is 1. The molecule has 1 aromatic rings. The second-order valence-corrected chi connectivity index (χ2v) is 6.67. The van der Waals surface area contributed by atoms with Gasteiger partial charge in [-0.05, 0) is 38.5 Å². The Labute approximate surface area is 125 Å². The highest BCUT2D eigenvalue weighted by Crippen LogP contribution is 2.38. The van der Waals surface area contributed by atoms with E-state index in [1.165, 1.54) is 6.42 Å². The summed E-state index contributed by atoms with van der Waals surface area (Å²) in [6.07, 6.45) is 3.37. The molecule has 116 valence electrons. The summed E-state index contributed by atoms with van der Waals surface area (Å²) in [6.45, 7) is 8.70. The number of rotatable bonds is 5. The number of aromatic nitrogens is 3. The molecule has 1 aromatic heterocycles. The molecule has 0 bridgehead atoms. The van der Waals surface area contributed by atoms with Crippen molar-refractivity contribution in [1.82, 2.24) is 25.0 Å². The number of nitrogens with zero attached hydrogens (tertiary/aromatic N) is 4. The van der Waals surface area contributed by atoms with Gasteiger partial charge in [-0.3, -0.25) is 0 Å². The maximum Gasteiger partial charge on any atom is 0.318 e. The Hall–Kier alpha value is -1.59. The van der Waals surface area contributed by atoms with Crippen molar-refractivity contribution in [2.45, 2.75) is 59.2 Å². The van der Waals surface area contributed by atoms with Crippen LogP contribution in [0.5, 0.6) is 0 Å². The van der Waals surface area contributed by atoms with Crippen molar-refractivity contribution in [2.24, 2.45) is 11.8 Å². The topological polar surface area (TPSA) is 63.1 Å².